The number of hydrogen-bond acceptors (Lipinski definition) is 9. The zero-order valence-electron chi connectivity index (χ0n) is 24.7. The van der Waals surface area contributed by atoms with Crippen LogP contribution in [0.1, 0.15) is 50.3 Å². The van der Waals surface area contributed by atoms with Crippen LogP contribution >= 0.6 is 0 Å². The van der Waals surface area contributed by atoms with E-state index in [0.717, 1.165) is 12.3 Å². The molecule has 0 amide bonds. The van der Waals surface area contributed by atoms with Crippen LogP contribution in [0, 0.1) is 5.41 Å². The highest BCUT2D eigenvalue weighted by Gasteiger charge is 2.49. The van der Waals surface area contributed by atoms with Gasteiger partial charge < -0.3 is 15.5 Å². The number of phenolic OH excluding ortho intramolecular Hbond substituents is 1. The number of Topliss-reactive ketones (excluding diaryl/α,β-unsaturated/α-hetero) is 1. The van der Waals surface area contributed by atoms with Gasteiger partial charge in [-0.3, -0.25) is 14.8 Å². The van der Waals surface area contributed by atoms with Gasteiger partial charge in [0.25, 0.3) is 10.0 Å². The molecule has 1 heterocycles. The molecule has 0 saturated carbocycles. The lowest BCUT2D eigenvalue weighted by molar-refractivity contribution is -0.122. The Morgan fingerprint density at radius 1 is 1.00 bits per heavy atom. The van der Waals surface area contributed by atoms with Crippen molar-refractivity contribution in [1.29, 1.82) is 0 Å². The molecule has 0 fully saturated rings. The van der Waals surface area contributed by atoms with Crippen molar-refractivity contribution in [3.05, 3.63) is 89.0 Å². The number of benzene rings is 3. The van der Waals surface area contributed by atoms with E-state index in [0.29, 0.717) is 23.1 Å². The molecule has 3 aromatic carbocycles. The smallest absolute Gasteiger partial charge is 0.286 e. The molecule has 0 saturated heterocycles. The Morgan fingerprint density at radius 2 is 1.68 bits per heavy atom. The van der Waals surface area contributed by atoms with E-state index in [9.17, 15) is 31.8 Å². The monoisotopic (exact) mass is 638 g/mol. The summed E-state index contributed by atoms with van der Waals surface area (Å²) in [6.07, 6.45) is 1.80. The van der Waals surface area contributed by atoms with Gasteiger partial charge in [0.05, 0.1) is 11.9 Å². The normalized spacial score (nSPS) is 19.5. The van der Waals surface area contributed by atoms with Crippen molar-refractivity contribution in [3.8, 4) is 5.75 Å². The van der Waals surface area contributed by atoms with E-state index in [-0.39, 0.29) is 51.8 Å². The Morgan fingerprint density at radius 3 is 2.36 bits per heavy atom. The first kappa shape index (κ1) is 31.2. The van der Waals surface area contributed by atoms with Gasteiger partial charge in [-0.1, -0.05) is 63.2 Å². The average molecular weight is 639 g/mol. The summed E-state index contributed by atoms with van der Waals surface area (Å²) in [5.41, 5.74) is -0.443. The van der Waals surface area contributed by atoms with Gasteiger partial charge in [-0.25, -0.2) is 8.42 Å². The molecule has 13 heteroatoms. The lowest BCUT2D eigenvalue weighted by Crippen LogP contribution is -2.53. The molecule has 0 radical (unpaired) electrons. The van der Waals surface area contributed by atoms with Crippen LogP contribution in [0.3, 0.4) is 0 Å². The maximum absolute atomic E-state index is 14.7. The maximum atomic E-state index is 14.7. The summed E-state index contributed by atoms with van der Waals surface area (Å²) in [6.45, 7) is 6.23. The highest BCUT2D eigenvalue weighted by atomic mass is 32.2. The topological polar surface area (TPSA) is 174 Å². The first-order valence-electron chi connectivity index (χ1n) is 13.8. The largest absolute Gasteiger partial charge is 0.508 e. The molecule has 5 N–H and O–H groups in total. The number of aromatic hydroxyl groups is 1. The van der Waals surface area contributed by atoms with E-state index < -0.39 is 37.1 Å². The van der Waals surface area contributed by atoms with Crippen molar-refractivity contribution >= 4 is 48.8 Å². The third-order valence-corrected chi connectivity index (χ3v) is 9.50. The van der Waals surface area contributed by atoms with Crippen molar-refractivity contribution < 1.29 is 31.8 Å². The molecule has 11 nitrogen and oxygen atoms in total. The van der Waals surface area contributed by atoms with Gasteiger partial charge in [0, 0.05) is 23.4 Å². The number of aliphatic hydroxyl groups excluding tert-OH is 1. The van der Waals surface area contributed by atoms with Gasteiger partial charge in [-0.2, -0.15) is 8.42 Å². The van der Waals surface area contributed by atoms with E-state index in [1.54, 1.807) is 48.5 Å². The van der Waals surface area contributed by atoms with E-state index >= 15 is 0 Å². The number of nitrogens with one attached hydrogen (secondary N) is 3. The third-order valence-electron chi connectivity index (χ3n) is 7.58. The number of sulfonamides is 2. The van der Waals surface area contributed by atoms with Crippen molar-refractivity contribution in [3.63, 3.8) is 0 Å². The van der Waals surface area contributed by atoms with Crippen LogP contribution < -0.4 is 15.4 Å². The highest BCUT2D eigenvalue weighted by Crippen LogP contribution is 2.44. The number of fused-ring (bicyclic) bond motifs is 2. The van der Waals surface area contributed by atoms with Gasteiger partial charge in [0.1, 0.15) is 27.5 Å². The number of para-hydroxylation sites is 1. The Bertz CT molecular complexity index is 1950. The fourth-order valence-electron chi connectivity index (χ4n) is 5.38. The maximum Gasteiger partial charge on any atom is 0.286 e. The number of anilines is 2. The highest BCUT2D eigenvalue weighted by molar-refractivity contribution is 7.92. The quantitative estimate of drug-likeness (QED) is 0.235. The summed E-state index contributed by atoms with van der Waals surface area (Å²) >= 11 is 0. The van der Waals surface area contributed by atoms with Gasteiger partial charge in [-0.05, 0) is 48.1 Å². The van der Waals surface area contributed by atoms with E-state index in [1.165, 1.54) is 12.1 Å². The molecule has 1 atom stereocenters. The number of ketones is 1. The standard InChI is InChI=1S/C31H34N4O7S2/c1-30(2,3)15-16-31(32-18-19-9-5-8-12-24(19)36)22-11-7-6-10-21(22)27(37)26(28(31)38)29-33-23-14-13-20(34-43(4,39)40)17-25(23)44(41,42)35-29/h5-14,17,32,34,36-37H,15-16,18H2,1-4H3,(H,33,35). The molecule has 0 aromatic heterocycles. The number of carbonyl (C=O) groups is 1. The molecule has 0 bridgehead atoms. The Labute approximate surface area is 256 Å². The van der Waals surface area contributed by atoms with Crippen LogP contribution in [-0.4, -0.2) is 44.9 Å². The first-order valence-corrected chi connectivity index (χ1v) is 17.2. The minimum absolute atomic E-state index is 0.0227. The van der Waals surface area contributed by atoms with Crippen molar-refractivity contribution in [2.45, 2.75) is 50.6 Å². The van der Waals surface area contributed by atoms with E-state index in [2.05, 4.69) is 19.8 Å². The number of rotatable bonds is 8. The molecule has 1 aliphatic heterocycles. The molecule has 1 aliphatic carbocycles. The summed E-state index contributed by atoms with van der Waals surface area (Å²) in [4.78, 5) is 14.4. The van der Waals surface area contributed by atoms with Gasteiger partial charge in [-0.15, -0.1) is 4.40 Å². The number of hydrogen-bond donors (Lipinski definition) is 5. The number of amidine groups is 1. The van der Waals surface area contributed by atoms with E-state index in [4.69, 9.17) is 0 Å². The summed E-state index contributed by atoms with van der Waals surface area (Å²) in [7, 11) is -8.12. The Balaban J connectivity index is 1.65. The molecule has 44 heavy (non-hydrogen) atoms. The minimum Gasteiger partial charge on any atom is -0.508 e. The van der Waals surface area contributed by atoms with Crippen LogP contribution in [0.2, 0.25) is 0 Å². The minimum atomic E-state index is -4.44. The molecule has 5 rings (SSSR count). The average Bonchev–Trinajstić information content (AvgIpc) is 2.92. The summed E-state index contributed by atoms with van der Waals surface area (Å²) < 4.78 is 56.4. The van der Waals surface area contributed by atoms with Crippen molar-refractivity contribution in [2.24, 2.45) is 9.81 Å². The fourth-order valence-corrected chi connectivity index (χ4v) is 7.09. The first-order chi connectivity index (χ1) is 20.5. The third kappa shape index (κ3) is 6.07. The second-order valence-electron chi connectivity index (χ2n) is 12.2. The van der Waals surface area contributed by atoms with Gasteiger partial charge in [0.15, 0.2) is 11.6 Å². The van der Waals surface area contributed by atoms with Gasteiger partial charge in [0.2, 0.25) is 10.0 Å². The molecule has 0 spiro atoms. The predicted molar refractivity (Wildman–Crippen MR) is 169 cm³/mol. The molecular weight excluding hydrogens is 604 g/mol. The zero-order valence-corrected chi connectivity index (χ0v) is 26.3. The van der Waals surface area contributed by atoms with E-state index in [1.807, 2.05) is 20.8 Å². The predicted octanol–water partition coefficient (Wildman–Crippen LogP) is 4.64. The van der Waals surface area contributed by atoms with Gasteiger partial charge >= 0.3 is 0 Å². The zero-order chi connectivity index (χ0) is 32.1. The fraction of sp³-hybridized carbons (Fsp3) is 0.290. The Kier molecular flexibility index (Phi) is 7.85. The number of nitrogens with zero attached hydrogens (tertiary/aromatic N) is 1. The summed E-state index contributed by atoms with van der Waals surface area (Å²) in [5, 5.41) is 28.3. The van der Waals surface area contributed by atoms with Crippen LogP contribution in [0.25, 0.3) is 5.76 Å². The molecule has 3 aromatic rings. The number of carbonyl (C=O) groups excluding carboxylic acids is 1. The van der Waals surface area contributed by atoms with Crippen LogP contribution in [0.5, 0.6) is 5.75 Å². The molecule has 232 valence electrons. The Hall–Kier alpha value is -4.20. The second-order valence-corrected chi connectivity index (χ2v) is 15.5. The summed E-state index contributed by atoms with van der Waals surface area (Å²) in [6, 6.07) is 17.5. The van der Waals surface area contributed by atoms with Crippen LogP contribution in [0.15, 0.2) is 81.6 Å². The molecule has 1 unspecified atom stereocenters. The van der Waals surface area contributed by atoms with Crippen molar-refractivity contribution in [1.82, 2.24) is 5.32 Å². The van der Waals surface area contributed by atoms with Crippen molar-refractivity contribution in [2.75, 3.05) is 16.3 Å². The molecule has 2 aliphatic rings. The second kappa shape index (κ2) is 11.1. The lowest BCUT2D eigenvalue weighted by Gasteiger charge is -2.41. The van der Waals surface area contributed by atoms with Crippen LogP contribution in [-0.2, 0) is 36.9 Å². The summed E-state index contributed by atoms with van der Waals surface area (Å²) in [5.74, 6) is -1.33. The number of aliphatic hydroxyl groups is 1. The van der Waals surface area contributed by atoms with Crippen LogP contribution in [0.4, 0.5) is 11.4 Å². The molecular formula is C31H34N4O7S2. The lowest BCUT2D eigenvalue weighted by atomic mass is 9.69. The number of phenols is 1. The SMILES string of the molecule is CC(C)(C)CCC1(NCc2ccccc2O)C(=O)C(C2=NS(=O)(=O)c3cc(NS(C)(=O)=O)ccc3N2)=C(O)c2ccccc21.